The smallest absolute Gasteiger partial charge is 0.461 e. The van der Waals surface area contributed by atoms with Crippen molar-refractivity contribution in [2.75, 3.05) is 0 Å². The minimum Gasteiger partial charge on any atom is -0.461 e. The van der Waals surface area contributed by atoms with Crippen LogP contribution in [-0.4, -0.2) is 61.4 Å². The van der Waals surface area contributed by atoms with E-state index in [1.165, 1.54) is 25.5 Å². The minimum atomic E-state index is -4.47. The number of halogens is 6. The number of nitrogens with zero attached hydrogens (tertiary/aromatic N) is 3. The monoisotopic (exact) mass is 746 g/mol. The number of rotatable bonds is 6. The van der Waals surface area contributed by atoms with Gasteiger partial charge in [0, 0.05) is 25.2 Å². The highest BCUT2D eigenvalue weighted by Crippen LogP contribution is 2.29. The Hall–Kier alpha value is -5.88. The van der Waals surface area contributed by atoms with E-state index in [9.17, 15) is 35.9 Å². The summed E-state index contributed by atoms with van der Waals surface area (Å²) in [6.45, 7) is 6.04. The van der Waals surface area contributed by atoms with Crippen molar-refractivity contribution in [3.8, 4) is 5.69 Å². The number of carbonyl (C=O) groups is 2. The van der Waals surface area contributed by atoms with E-state index in [1.54, 1.807) is 55.5 Å². The fourth-order valence-electron chi connectivity index (χ4n) is 3.33. The second-order valence-corrected chi connectivity index (χ2v) is 9.52. The van der Waals surface area contributed by atoms with Gasteiger partial charge in [0.25, 0.3) is 0 Å². The second kappa shape index (κ2) is 23.5. The second-order valence-electron chi connectivity index (χ2n) is 9.52. The summed E-state index contributed by atoms with van der Waals surface area (Å²) < 4.78 is 83.8. The Kier molecular flexibility index (Phi) is 21.8. The highest BCUT2D eigenvalue weighted by molar-refractivity contribution is 6.58. The Balaban J connectivity index is 0. The van der Waals surface area contributed by atoms with Crippen molar-refractivity contribution >= 4 is 36.8 Å². The number of aromatic amines is 1. The molecule has 0 spiro atoms. The number of carbonyl (C=O) groups excluding carboxylic acids is 6. The molecule has 0 atom stereocenters. The quantitative estimate of drug-likeness (QED) is 0.146. The Morgan fingerprint density at radius 1 is 0.769 bits per heavy atom. The summed E-state index contributed by atoms with van der Waals surface area (Å²) in [6.07, 6.45) is -8.30. The molecule has 52 heavy (non-hydrogen) atoms. The SMILES string of the molecule is C.CC(=O)OCc1ccc(-n2nc(C(F)(F)F)cc2C)cc1.CC(=O)OCc1ccc(B(O)O)cc1.Cc1cc(C(F)(F)F)n[nH]1.O=C=O.O=C=O. The van der Waals surface area contributed by atoms with Crippen LogP contribution in [0.15, 0.2) is 60.7 Å². The summed E-state index contributed by atoms with van der Waals surface area (Å²) in [6, 6.07) is 15.0. The van der Waals surface area contributed by atoms with Crippen LogP contribution < -0.4 is 5.46 Å². The molecule has 0 aliphatic carbocycles. The van der Waals surface area contributed by atoms with Gasteiger partial charge in [-0.2, -0.15) is 55.7 Å². The van der Waals surface area contributed by atoms with Crippen LogP contribution in [0.1, 0.15) is 55.2 Å². The molecule has 0 aliphatic rings. The zero-order chi connectivity index (χ0) is 39.4. The Morgan fingerprint density at radius 3 is 1.46 bits per heavy atom. The fourth-order valence-corrected chi connectivity index (χ4v) is 3.33. The summed E-state index contributed by atoms with van der Waals surface area (Å²) in [7, 11) is -1.46. The minimum absolute atomic E-state index is 0. The molecular weight excluding hydrogens is 713 g/mol. The molecule has 0 aliphatic heterocycles. The number of ether oxygens (including phenoxy) is 2. The third kappa shape index (κ3) is 19.3. The third-order valence-electron chi connectivity index (χ3n) is 5.52. The number of hydrogen-bond donors (Lipinski definition) is 3. The lowest BCUT2D eigenvalue weighted by Crippen LogP contribution is -2.29. The maximum Gasteiger partial charge on any atom is 0.488 e. The summed E-state index contributed by atoms with van der Waals surface area (Å²) in [5.41, 5.74) is 1.47. The molecule has 2 aromatic carbocycles. The standard InChI is InChI=1S/C14H13F3N2O2.C9H11BO4.C5H5F3N2.2CO2.CH4/c1-9-7-13(14(15,16)17)18-19(9)12-5-3-11(4-6-12)8-21-10(2)20;1-7(11)14-6-8-2-4-9(5-3-8)10(12)13;1-3-2-4(10-9-3)5(6,7)8;2*2-1-3;/h3-7H,8H2,1-2H3;2-5,12-13H,6H2,1H3;2H,1H3,(H,9,10);;;1H4. The van der Waals surface area contributed by atoms with Crippen LogP contribution in [0.5, 0.6) is 0 Å². The van der Waals surface area contributed by atoms with E-state index < -0.39 is 36.8 Å². The van der Waals surface area contributed by atoms with Gasteiger partial charge in [0.15, 0.2) is 11.4 Å². The molecule has 0 saturated heterocycles. The number of aromatic nitrogens is 4. The van der Waals surface area contributed by atoms with E-state index in [-0.39, 0.29) is 38.9 Å². The van der Waals surface area contributed by atoms with Crippen LogP contribution in [0.2, 0.25) is 0 Å². The van der Waals surface area contributed by atoms with Crippen molar-refractivity contribution in [3.05, 3.63) is 94.6 Å². The molecule has 0 radical (unpaired) electrons. The molecule has 3 N–H and O–H groups in total. The van der Waals surface area contributed by atoms with E-state index in [2.05, 4.69) is 15.3 Å². The maximum absolute atomic E-state index is 12.6. The van der Waals surface area contributed by atoms with E-state index in [0.717, 1.165) is 23.3 Å². The Bertz CT molecular complexity index is 1720. The first-order chi connectivity index (χ1) is 23.7. The van der Waals surface area contributed by atoms with Crippen LogP contribution in [-0.2, 0) is 63.8 Å². The molecule has 14 nitrogen and oxygen atoms in total. The first-order valence-electron chi connectivity index (χ1n) is 13.7. The lowest BCUT2D eigenvalue weighted by atomic mass is 9.80. The van der Waals surface area contributed by atoms with Gasteiger partial charge in [-0.1, -0.05) is 43.8 Å². The predicted molar refractivity (Wildman–Crippen MR) is 166 cm³/mol. The number of alkyl halides is 6. The number of benzene rings is 2. The zero-order valence-corrected chi connectivity index (χ0v) is 27.0. The zero-order valence-electron chi connectivity index (χ0n) is 27.0. The molecule has 2 heterocycles. The molecule has 21 heteroatoms. The van der Waals surface area contributed by atoms with Gasteiger partial charge < -0.3 is 19.5 Å². The molecule has 0 bridgehead atoms. The van der Waals surface area contributed by atoms with Crippen molar-refractivity contribution in [1.29, 1.82) is 0 Å². The molecule has 4 aromatic rings. The molecule has 0 unspecified atom stereocenters. The topological polar surface area (TPSA) is 208 Å². The van der Waals surface area contributed by atoms with Gasteiger partial charge in [-0.15, -0.1) is 0 Å². The number of nitrogens with one attached hydrogen (secondary N) is 1. The predicted octanol–water partition coefficient (Wildman–Crippen LogP) is 3.90. The first-order valence-corrected chi connectivity index (χ1v) is 13.7. The first kappa shape index (κ1) is 48.2. The van der Waals surface area contributed by atoms with Crippen molar-refractivity contribution in [2.24, 2.45) is 0 Å². The van der Waals surface area contributed by atoms with Crippen LogP contribution in [0.25, 0.3) is 5.69 Å². The highest BCUT2D eigenvalue weighted by Gasteiger charge is 2.35. The van der Waals surface area contributed by atoms with Gasteiger partial charge in [-0.3, -0.25) is 14.7 Å². The fraction of sp³-hybridized carbons (Fsp3) is 0.290. The number of H-pyrrole nitrogens is 1. The van der Waals surface area contributed by atoms with Crippen LogP contribution >= 0.6 is 0 Å². The molecule has 0 amide bonds. The van der Waals surface area contributed by atoms with Gasteiger partial charge in [-0.05, 0) is 54.7 Å². The lowest BCUT2D eigenvalue weighted by molar-refractivity contribution is -0.193. The normalized spacial score (nSPS) is 9.85. The number of esters is 2. The van der Waals surface area contributed by atoms with Crippen molar-refractivity contribution < 1.29 is 74.6 Å². The molecule has 282 valence electrons. The number of aryl methyl sites for hydroxylation is 2. The van der Waals surface area contributed by atoms with Crippen molar-refractivity contribution in [1.82, 2.24) is 20.0 Å². The summed E-state index contributed by atoms with van der Waals surface area (Å²) >= 11 is 0. The van der Waals surface area contributed by atoms with Gasteiger partial charge in [-0.25, -0.2) is 4.68 Å². The van der Waals surface area contributed by atoms with E-state index in [4.69, 9.17) is 38.7 Å². The molecule has 0 fully saturated rings. The van der Waals surface area contributed by atoms with E-state index in [0.29, 0.717) is 22.5 Å². The average molecular weight is 746 g/mol. The van der Waals surface area contributed by atoms with Crippen molar-refractivity contribution in [3.63, 3.8) is 0 Å². The van der Waals surface area contributed by atoms with Gasteiger partial charge >= 0.3 is 43.7 Å². The molecular formula is C31H33BF6N4O10. The third-order valence-corrected chi connectivity index (χ3v) is 5.52. The Morgan fingerprint density at radius 2 is 1.17 bits per heavy atom. The summed E-state index contributed by atoms with van der Waals surface area (Å²) in [5.74, 6) is -0.729. The van der Waals surface area contributed by atoms with E-state index in [1.807, 2.05) is 0 Å². The average Bonchev–Trinajstić information content (AvgIpc) is 3.67. The van der Waals surface area contributed by atoms with Crippen LogP contribution in [0, 0.1) is 13.8 Å². The number of hydrogen-bond acceptors (Lipinski definition) is 12. The molecule has 2 aromatic heterocycles. The molecule has 0 saturated carbocycles. The van der Waals surface area contributed by atoms with Crippen LogP contribution in [0.3, 0.4) is 0 Å². The van der Waals surface area contributed by atoms with Gasteiger partial charge in [0.1, 0.15) is 13.2 Å². The van der Waals surface area contributed by atoms with Crippen LogP contribution in [0.4, 0.5) is 26.3 Å². The maximum atomic E-state index is 12.6. The van der Waals surface area contributed by atoms with Crippen molar-refractivity contribution in [2.45, 2.75) is 60.7 Å². The van der Waals surface area contributed by atoms with E-state index >= 15 is 0 Å². The lowest BCUT2D eigenvalue weighted by Gasteiger charge is -2.07. The summed E-state index contributed by atoms with van der Waals surface area (Å²) in [5, 5.41) is 26.4. The van der Waals surface area contributed by atoms with Gasteiger partial charge in [0.2, 0.25) is 0 Å². The Labute approximate surface area is 292 Å². The molecule has 4 rings (SSSR count). The van der Waals surface area contributed by atoms with Gasteiger partial charge in [0.05, 0.1) is 5.69 Å². The largest absolute Gasteiger partial charge is 0.488 e. The summed E-state index contributed by atoms with van der Waals surface area (Å²) in [4.78, 5) is 53.7. The highest BCUT2D eigenvalue weighted by atomic mass is 19.4.